The van der Waals surface area contributed by atoms with Gasteiger partial charge >= 0.3 is 0 Å². The Morgan fingerprint density at radius 3 is 1.93 bits per heavy atom. The number of benzene rings is 3. The van der Waals surface area contributed by atoms with Gasteiger partial charge in [-0.25, -0.2) is 0 Å². The van der Waals surface area contributed by atoms with Crippen molar-refractivity contribution in [3.63, 3.8) is 0 Å². The maximum Gasteiger partial charge on any atom is 0.170 e. The fraction of sp³-hybridized carbons (Fsp3) is 0.250. The molecule has 150 valence electrons. The van der Waals surface area contributed by atoms with Crippen LogP contribution in [0.3, 0.4) is 0 Å². The zero-order valence-corrected chi connectivity index (χ0v) is 17.3. The summed E-state index contributed by atoms with van der Waals surface area (Å²) >= 11 is 0. The van der Waals surface area contributed by atoms with E-state index in [2.05, 4.69) is 0 Å². The van der Waals surface area contributed by atoms with Crippen LogP contribution in [0.25, 0.3) is 0 Å². The molecule has 1 fully saturated rings. The minimum atomic E-state index is -2.91. The van der Waals surface area contributed by atoms with Gasteiger partial charge in [0.25, 0.3) is 0 Å². The quantitative estimate of drug-likeness (QED) is 0.537. The van der Waals surface area contributed by atoms with Crippen molar-refractivity contribution in [3.05, 3.63) is 84.9 Å². The van der Waals surface area contributed by atoms with E-state index in [1.54, 1.807) is 7.11 Å². The Bertz CT molecular complexity index is 914. The van der Waals surface area contributed by atoms with Crippen LogP contribution in [0.15, 0.2) is 84.9 Å². The average molecular weight is 408 g/mol. The Morgan fingerprint density at radius 1 is 0.828 bits per heavy atom. The van der Waals surface area contributed by atoms with Crippen LogP contribution in [0, 0.1) is 0 Å². The predicted octanol–water partition coefficient (Wildman–Crippen LogP) is 4.59. The molecule has 3 aromatic rings. The van der Waals surface area contributed by atoms with E-state index in [1.165, 1.54) is 0 Å². The molecule has 0 aromatic heterocycles. The molecule has 0 amide bonds. The summed E-state index contributed by atoms with van der Waals surface area (Å²) in [5, 5.41) is 1.68. The van der Waals surface area contributed by atoms with Gasteiger partial charge < -0.3 is 18.8 Å². The summed E-state index contributed by atoms with van der Waals surface area (Å²) < 4.78 is 31.7. The van der Waals surface area contributed by atoms with E-state index in [9.17, 15) is 4.57 Å². The first-order valence-corrected chi connectivity index (χ1v) is 11.6. The van der Waals surface area contributed by atoms with Gasteiger partial charge in [-0.3, -0.25) is 0 Å². The topological polar surface area (TPSA) is 44.8 Å². The second kappa shape index (κ2) is 8.86. The van der Waals surface area contributed by atoms with Crippen LogP contribution in [0.1, 0.15) is 12.8 Å². The Hall–Kier alpha value is -2.55. The SMILES string of the molecule is COc1ccc(OC[C@H]2CCC(P(=O)(c3ccccc3)c3ccccc3)O2)cc1. The summed E-state index contributed by atoms with van der Waals surface area (Å²) in [5.74, 6) is 1.23. The van der Waals surface area contributed by atoms with E-state index in [-0.39, 0.29) is 11.9 Å². The molecular weight excluding hydrogens is 383 g/mol. The second-order valence-electron chi connectivity index (χ2n) is 7.11. The lowest BCUT2D eigenvalue weighted by atomic mass is 10.2. The lowest BCUT2D eigenvalue weighted by Gasteiger charge is -2.26. The highest BCUT2D eigenvalue weighted by Gasteiger charge is 2.42. The number of hydrogen-bond acceptors (Lipinski definition) is 4. The van der Waals surface area contributed by atoms with Crippen molar-refractivity contribution in [2.45, 2.75) is 24.8 Å². The Morgan fingerprint density at radius 2 is 1.38 bits per heavy atom. The molecule has 0 saturated carbocycles. The van der Waals surface area contributed by atoms with E-state index in [0.717, 1.165) is 34.9 Å². The van der Waals surface area contributed by atoms with Gasteiger partial charge in [-0.2, -0.15) is 0 Å². The Balaban J connectivity index is 1.49. The molecule has 0 bridgehead atoms. The molecule has 29 heavy (non-hydrogen) atoms. The highest BCUT2D eigenvalue weighted by Crippen LogP contribution is 2.53. The van der Waals surface area contributed by atoms with Crippen molar-refractivity contribution in [2.75, 3.05) is 13.7 Å². The third kappa shape index (κ3) is 4.24. The molecule has 0 radical (unpaired) electrons. The van der Waals surface area contributed by atoms with E-state index >= 15 is 0 Å². The van der Waals surface area contributed by atoms with E-state index in [0.29, 0.717) is 6.61 Å². The van der Waals surface area contributed by atoms with E-state index in [4.69, 9.17) is 14.2 Å². The molecule has 5 heteroatoms. The highest BCUT2D eigenvalue weighted by atomic mass is 31.2. The van der Waals surface area contributed by atoms with Crippen LogP contribution in [0.2, 0.25) is 0 Å². The summed E-state index contributed by atoms with van der Waals surface area (Å²) in [7, 11) is -1.27. The maximum absolute atomic E-state index is 14.3. The van der Waals surface area contributed by atoms with Crippen LogP contribution in [-0.4, -0.2) is 25.7 Å². The molecule has 2 atom stereocenters. The number of ether oxygens (including phenoxy) is 3. The van der Waals surface area contributed by atoms with Gasteiger partial charge in [0.2, 0.25) is 0 Å². The molecule has 1 heterocycles. The molecule has 1 unspecified atom stereocenters. The van der Waals surface area contributed by atoms with Crippen molar-refractivity contribution in [2.24, 2.45) is 0 Å². The maximum atomic E-state index is 14.3. The zero-order valence-electron chi connectivity index (χ0n) is 16.4. The molecule has 3 aromatic carbocycles. The molecule has 0 spiro atoms. The highest BCUT2D eigenvalue weighted by molar-refractivity contribution is 7.79. The third-order valence-corrected chi connectivity index (χ3v) is 8.59. The van der Waals surface area contributed by atoms with Crippen LogP contribution >= 0.6 is 7.14 Å². The first kappa shape index (κ1) is 19.8. The minimum Gasteiger partial charge on any atom is -0.497 e. The fourth-order valence-corrected chi connectivity index (χ4v) is 6.77. The molecule has 0 aliphatic carbocycles. The van der Waals surface area contributed by atoms with E-state index in [1.807, 2.05) is 84.9 Å². The molecular formula is C24H25O4P. The molecule has 0 N–H and O–H groups in total. The van der Waals surface area contributed by atoms with Crippen LogP contribution in [0.5, 0.6) is 11.5 Å². The van der Waals surface area contributed by atoms with Crippen molar-refractivity contribution in [1.29, 1.82) is 0 Å². The molecule has 1 saturated heterocycles. The van der Waals surface area contributed by atoms with Crippen molar-refractivity contribution >= 4 is 17.8 Å². The zero-order chi connectivity index (χ0) is 20.1. The summed E-state index contributed by atoms with van der Waals surface area (Å²) in [6.07, 6.45) is 1.49. The van der Waals surface area contributed by atoms with Crippen LogP contribution in [-0.2, 0) is 9.30 Å². The van der Waals surface area contributed by atoms with Gasteiger partial charge in [-0.15, -0.1) is 0 Å². The smallest absolute Gasteiger partial charge is 0.170 e. The first-order valence-electron chi connectivity index (χ1n) is 9.83. The summed E-state index contributed by atoms with van der Waals surface area (Å²) in [6.45, 7) is 0.437. The van der Waals surface area contributed by atoms with Crippen LogP contribution < -0.4 is 20.1 Å². The van der Waals surface area contributed by atoms with Gasteiger partial charge in [0.15, 0.2) is 7.14 Å². The molecule has 4 nitrogen and oxygen atoms in total. The summed E-state index contributed by atoms with van der Waals surface area (Å²) in [6, 6.07) is 26.9. The Kier molecular flexibility index (Phi) is 6.03. The fourth-order valence-electron chi connectivity index (χ4n) is 3.72. The lowest BCUT2D eigenvalue weighted by Crippen LogP contribution is -2.27. The Labute approximate surface area is 171 Å². The lowest BCUT2D eigenvalue weighted by molar-refractivity contribution is 0.0505. The average Bonchev–Trinajstić information content (AvgIpc) is 3.28. The third-order valence-electron chi connectivity index (χ3n) is 5.27. The summed E-state index contributed by atoms with van der Waals surface area (Å²) in [5.41, 5.74) is 0. The first-order chi connectivity index (χ1) is 14.2. The van der Waals surface area contributed by atoms with Crippen molar-refractivity contribution < 1.29 is 18.8 Å². The molecule has 4 rings (SSSR count). The number of methoxy groups -OCH3 is 1. The number of rotatable bonds is 7. The monoisotopic (exact) mass is 408 g/mol. The minimum absolute atomic E-state index is 0.0807. The van der Waals surface area contributed by atoms with Gasteiger partial charge in [0.1, 0.15) is 24.0 Å². The van der Waals surface area contributed by atoms with Crippen molar-refractivity contribution in [1.82, 2.24) is 0 Å². The van der Waals surface area contributed by atoms with Gasteiger partial charge in [0.05, 0.1) is 13.2 Å². The van der Waals surface area contributed by atoms with Gasteiger partial charge in [-0.1, -0.05) is 60.7 Å². The standard InChI is InChI=1S/C24H25O4P/c1-26-19-12-14-20(15-13-19)27-18-21-16-17-24(28-21)29(25,22-8-4-2-5-9-22)23-10-6-3-7-11-23/h2-15,21,24H,16-18H2,1H3/t21-,24?/m1/s1. The van der Waals surface area contributed by atoms with Crippen molar-refractivity contribution in [3.8, 4) is 11.5 Å². The van der Waals surface area contributed by atoms with E-state index < -0.39 is 7.14 Å². The van der Waals surface area contributed by atoms with Gasteiger partial charge in [0, 0.05) is 10.6 Å². The second-order valence-corrected chi connectivity index (χ2v) is 10.0. The van der Waals surface area contributed by atoms with Crippen LogP contribution in [0.4, 0.5) is 0 Å². The predicted molar refractivity (Wildman–Crippen MR) is 116 cm³/mol. The molecule has 1 aliphatic rings. The normalized spacial score (nSPS) is 19.1. The number of hydrogen-bond donors (Lipinski definition) is 0. The summed E-state index contributed by atoms with van der Waals surface area (Å²) in [4.78, 5) is 0. The van der Waals surface area contributed by atoms with Gasteiger partial charge in [-0.05, 0) is 37.1 Å². The largest absolute Gasteiger partial charge is 0.497 e. The molecule has 1 aliphatic heterocycles.